The molecule has 0 aliphatic carbocycles. The second kappa shape index (κ2) is 5.63. The molecule has 21 heavy (non-hydrogen) atoms. The third-order valence-electron chi connectivity index (χ3n) is 3.83. The third kappa shape index (κ3) is 3.09. The maximum Gasteiger partial charge on any atom is 0.251 e. The Hall–Kier alpha value is -2.24. The van der Waals surface area contributed by atoms with Crippen LogP contribution in [0.1, 0.15) is 36.0 Å². The van der Waals surface area contributed by atoms with Crippen LogP contribution in [0.4, 0.5) is 5.82 Å². The Bertz CT molecular complexity index is 679. The highest BCUT2D eigenvalue weighted by molar-refractivity contribution is 5.38. The summed E-state index contributed by atoms with van der Waals surface area (Å²) in [6.07, 6.45) is 2.11. The van der Waals surface area contributed by atoms with Crippen molar-refractivity contribution in [3.63, 3.8) is 0 Å². The summed E-state index contributed by atoms with van der Waals surface area (Å²) in [5.41, 5.74) is 1.71. The summed E-state index contributed by atoms with van der Waals surface area (Å²) in [7, 11) is 0. The van der Waals surface area contributed by atoms with Crippen LogP contribution in [-0.4, -0.2) is 33.3 Å². The SMILES string of the molecule is Cc1ccc(N2CCC[C@@H](c3cc(=O)[nH]c(C)n3)C2)nn1. The molecule has 1 aliphatic heterocycles. The van der Waals surface area contributed by atoms with Gasteiger partial charge >= 0.3 is 0 Å². The maximum absolute atomic E-state index is 11.6. The molecule has 1 N–H and O–H groups in total. The van der Waals surface area contributed by atoms with E-state index in [-0.39, 0.29) is 11.5 Å². The molecule has 2 aromatic heterocycles. The maximum atomic E-state index is 11.6. The first-order chi connectivity index (χ1) is 10.1. The van der Waals surface area contributed by atoms with Gasteiger partial charge in [0, 0.05) is 25.1 Å². The number of aromatic nitrogens is 4. The molecule has 1 saturated heterocycles. The normalized spacial score (nSPS) is 18.8. The van der Waals surface area contributed by atoms with Crippen molar-refractivity contribution in [2.24, 2.45) is 0 Å². The quantitative estimate of drug-likeness (QED) is 0.906. The summed E-state index contributed by atoms with van der Waals surface area (Å²) in [5.74, 6) is 1.83. The van der Waals surface area contributed by atoms with E-state index in [1.54, 1.807) is 6.07 Å². The van der Waals surface area contributed by atoms with Crippen LogP contribution in [0.25, 0.3) is 0 Å². The Kier molecular flexibility index (Phi) is 3.68. The molecule has 0 radical (unpaired) electrons. The molecule has 0 bridgehead atoms. The number of nitrogens with zero attached hydrogens (tertiary/aromatic N) is 4. The zero-order chi connectivity index (χ0) is 14.8. The van der Waals surface area contributed by atoms with E-state index in [0.717, 1.165) is 43.1 Å². The number of H-pyrrole nitrogens is 1. The van der Waals surface area contributed by atoms with Crippen LogP contribution in [0.2, 0.25) is 0 Å². The lowest BCUT2D eigenvalue weighted by molar-refractivity contribution is 0.495. The van der Waals surface area contributed by atoms with Gasteiger partial charge in [-0.2, -0.15) is 5.10 Å². The molecule has 6 heteroatoms. The standard InChI is InChI=1S/C15H19N5O/c1-10-5-6-14(19-18-10)20-7-3-4-12(9-20)13-8-15(21)17-11(2)16-13/h5-6,8,12H,3-4,7,9H2,1-2H3,(H,16,17,21)/t12-/m1/s1. The Labute approximate surface area is 123 Å². The number of hydrogen-bond donors (Lipinski definition) is 1. The highest BCUT2D eigenvalue weighted by Gasteiger charge is 2.24. The number of aryl methyl sites for hydroxylation is 2. The van der Waals surface area contributed by atoms with Gasteiger partial charge in [0.05, 0.1) is 11.4 Å². The molecular formula is C15H19N5O. The van der Waals surface area contributed by atoms with Gasteiger partial charge in [-0.1, -0.05) is 0 Å². The zero-order valence-electron chi connectivity index (χ0n) is 12.3. The molecule has 1 atom stereocenters. The Morgan fingerprint density at radius 2 is 2.14 bits per heavy atom. The summed E-state index contributed by atoms with van der Waals surface area (Å²) in [6.45, 7) is 5.54. The second-order valence-corrected chi connectivity index (χ2v) is 5.57. The first-order valence-corrected chi connectivity index (χ1v) is 7.25. The molecule has 110 valence electrons. The van der Waals surface area contributed by atoms with E-state index in [1.807, 2.05) is 26.0 Å². The predicted octanol–water partition coefficient (Wildman–Crippen LogP) is 1.56. The van der Waals surface area contributed by atoms with Crippen LogP contribution in [0.5, 0.6) is 0 Å². The Balaban J connectivity index is 1.82. The second-order valence-electron chi connectivity index (χ2n) is 5.57. The van der Waals surface area contributed by atoms with Crippen molar-refractivity contribution < 1.29 is 0 Å². The van der Waals surface area contributed by atoms with Crippen LogP contribution < -0.4 is 10.5 Å². The summed E-state index contributed by atoms with van der Waals surface area (Å²) in [6, 6.07) is 5.59. The van der Waals surface area contributed by atoms with Crippen molar-refractivity contribution in [1.82, 2.24) is 20.2 Å². The van der Waals surface area contributed by atoms with E-state index in [0.29, 0.717) is 5.82 Å². The van der Waals surface area contributed by atoms with Gasteiger partial charge in [-0.05, 0) is 38.8 Å². The fraction of sp³-hybridized carbons (Fsp3) is 0.467. The topological polar surface area (TPSA) is 74.8 Å². The Morgan fingerprint density at radius 1 is 1.29 bits per heavy atom. The van der Waals surface area contributed by atoms with E-state index in [1.165, 1.54) is 0 Å². The van der Waals surface area contributed by atoms with Crippen molar-refractivity contribution in [3.05, 3.63) is 45.8 Å². The molecule has 1 fully saturated rings. The van der Waals surface area contributed by atoms with Crippen molar-refractivity contribution in [1.29, 1.82) is 0 Å². The third-order valence-corrected chi connectivity index (χ3v) is 3.83. The lowest BCUT2D eigenvalue weighted by atomic mass is 9.94. The van der Waals surface area contributed by atoms with Crippen molar-refractivity contribution in [3.8, 4) is 0 Å². The van der Waals surface area contributed by atoms with Gasteiger partial charge in [0.25, 0.3) is 5.56 Å². The molecule has 0 aromatic carbocycles. The van der Waals surface area contributed by atoms with Gasteiger partial charge in [0.1, 0.15) is 5.82 Å². The minimum Gasteiger partial charge on any atom is -0.354 e. The molecule has 0 amide bonds. The lowest BCUT2D eigenvalue weighted by Crippen LogP contribution is -2.35. The van der Waals surface area contributed by atoms with Crippen LogP contribution >= 0.6 is 0 Å². The van der Waals surface area contributed by atoms with Gasteiger partial charge in [-0.3, -0.25) is 4.79 Å². The van der Waals surface area contributed by atoms with Crippen LogP contribution in [0.15, 0.2) is 23.0 Å². The summed E-state index contributed by atoms with van der Waals surface area (Å²) >= 11 is 0. The number of rotatable bonds is 2. The minimum atomic E-state index is -0.0789. The van der Waals surface area contributed by atoms with E-state index in [4.69, 9.17) is 0 Å². The first-order valence-electron chi connectivity index (χ1n) is 7.25. The van der Waals surface area contributed by atoms with E-state index < -0.39 is 0 Å². The highest BCUT2D eigenvalue weighted by Crippen LogP contribution is 2.27. The van der Waals surface area contributed by atoms with Crippen LogP contribution in [0, 0.1) is 13.8 Å². The molecule has 3 rings (SSSR count). The van der Waals surface area contributed by atoms with Crippen LogP contribution in [0.3, 0.4) is 0 Å². The zero-order valence-corrected chi connectivity index (χ0v) is 12.3. The molecule has 3 heterocycles. The monoisotopic (exact) mass is 285 g/mol. The molecule has 0 spiro atoms. The number of piperidine rings is 1. The number of aromatic amines is 1. The highest BCUT2D eigenvalue weighted by atomic mass is 16.1. The average molecular weight is 285 g/mol. The molecule has 6 nitrogen and oxygen atoms in total. The van der Waals surface area contributed by atoms with Gasteiger partial charge in [0.2, 0.25) is 0 Å². The van der Waals surface area contributed by atoms with Gasteiger partial charge in [-0.15, -0.1) is 5.10 Å². The van der Waals surface area contributed by atoms with E-state index >= 15 is 0 Å². The summed E-state index contributed by atoms with van der Waals surface area (Å²) in [4.78, 5) is 21.0. The smallest absolute Gasteiger partial charge is 0.251 e. The summed E-state index contributed by atoms with van der Waals surface area (Å²) in [5, 5.41) is 8.37. The van der Waals surface area contributed by atoms with E-state index in [2.05, 4.69) is 25.1 Å². The first kappa shape index (κ1) is 13.7. The van der Waals surface area contributed by atoms with Crippen molar-refractivity contribution in [2.45, 2.75) is 32.6 Å². The molecular weight excluding hydrogens is 266 g/mol. The predicted molar refractivity (Wildman–Crippen MR) is 80.6 cm³/mol. The minimum absolute atomic E-state index is 0.0789. The van der Waals surface area contributed by atoms with Gasteiger partial charge < -0.3 is 9.88 Å². The number of anilines is 1. The number of nitrogens with one attached hydrogen (secondary N) is 1. The van der Waals surface area contributed by atoms with Crippen molar-refractivity contribution in [2.75, 3.05) is 18.0 Å². The van der Waals surface area contributed by atoms with Crippen molar-refractivity contribution >= 4 is 5.82 Å². The summed E-state index contributed by atoms with van der Waals surface area (Å²) < 4.78 is 0. The average Bonchev–Trinajstić information content (AvgIpc) is 2.47. The molecule has 2 aromatic rings. The fourth-order valence-corrected chi connectivity index (χ4v) is 2.80. The largest absolute Gasteiger partial charge is 0.354 e. The van der Waals surface area contributed by atoms with Crippen LogP contribution in [-0.2, 0) is 0 Å². The number of hydrogen-bond acceptors (Lipinski definition) is 5. The lowest BCUT2D eigenvalue weighted by Gasteiger charge is -2.33. The van der Waals surface area contributed by atoms with E-state index in [9.17, 15) is 4.79 Å². The van der Waals surface area contributed by atoms with Gasteiger partial charge in [-0.25, -0.2) is 4.98 Å². The molecule has 1 aliphatic rings. The molecule has 0 unspecified atom stereocenters. The Morgan fingerprint density at radius 3 is 2.86 bits per heavy atom. The van der Waals surface area contributed by atoms with Gasteiger partial charge in [0.15, 0.2) is 5.82 Å². The molecule has 0 saturated carbocycles. The fourth-order valence-electron chi connectivity index (χ4n) is 2.80.